The summed E-state index contributed by atoms with van der Waals surface area (Å²) >= 11 is 0. The molecule has 0 aliphatic rings. The lowest BCUT2D eigenvalue weighted by Gasteiger charge is -2.12. The Morgan fingerprint density at radius 3 is 2.47 bits per heavy atom. The standard InChI is InChI=1S/C14H15F3N2/c1-4-10(3)13(11-6-7-18-19-9-11)8-12(5-2)14(15,16)17/h5-9H,3-4H2,1-2H3. The van der Waals surface area contributed by atoms with Crippen LogP contribution in [-0.2, 0) is 0 Å². The summed E-state index contributed by atoms with van der Waals surface area (Å²) in [6, 6.07) is 1.61. The molecule has 0 radical (unpaired) electrons. The van der Waals surface area contributed by atoms with Gasteiger partial charge in [0.05, 0.1) is 18.0 Å². The maximum Gasteiger partial charge on any atom is 0.416 e. The Morgan fingerprint density at radius 1 is 1.37 bits per heavy atom. The van der Waals surface area contributed by atoms with Gasteiger partial charge in [-0.05, 0) is 36.6 Å². The molecule has 0 amide bonds. The first-order valence-electron chi connectivity index (χ1n) is 5.80. The third-order valence-electron chi connectivity index (χ3n) is 2.64. The molecule has 0 aromatic carbocycles. The molecular formula is C14H15F3N2. The van der Waals surface area contributed by atoms with Gasteiger partial charge in [0.25, 0.3) is 0 Å². The first-order valence-corrected chi connectivity index (χ1v) is 5.80. The van der Waals surface area contributed by atoms with Crippen molar-refractivity contribution in [3.63, 3.8) is 0 Å². The van der Waals surface area contributed by atoms with Gasteiger partial charge in [0, 0.05) is 5.56 Å². The van der Waals surface area contributed by atoms with E-state index >= 15 is 0 Å². The average molecular weight is 268 g/mol. The summed E-state index contributed by atoms with van der Waals surface area (Å²) in [5.74, 6) is 0. The lowest BCUT2D eigenvalue weighted by Crippen LogP contribution is -2.10. The van der Waals surface area contributed by atoms with Gasteiger partial charge in [-0.15, -0.1) is 0 Å². The second-order valence-corrected chi connectivity index (χ2v) is 3.89. The van der Waals surface area contributed by atoms with Crippen molar-refractivity contribution in [3.05, 3.63) is 53.9 Å². The highest BCUT2D eigenvalue weighted by Gasteiger charge is 2.31. The van der Waals surface area contributed by atoms with E-state index in [4.69, 9.17) is 0 Å². The van der Waals surface area contributed by atoms with E-state index in [1.165, 1.54) is 19.3 Å². The highest BCUT2D eigenvalue weighted by atomic mass is 19.4. The van der Waals surface area contributed by atoms with Crippen LogP contribution < -0.4 is 0 Å². The van der Waals surface area contributed by atoms with Crippen molar-refractivity contribution in [2.45, 2.75) is 26.4 Å². The van der Waals surface area contributed by atoms with Crippen molar-refractivity contribution in [1.29, 1.82) is 0 Å². The van der Waals surface area contributed by atoms with E-state index in [1.54, 1.807) is 6.07 Å². The van der Waals surface area contributed by atoms with E-state index in [-0.39, 0.29) is 0 Å². The molecule has 102 valence electrons. The van der Waals surface area contributed by atoms with Gasteiger partial charge in [0.2, 0.25) is 0 Å². The van der Waals surface area contributed by atoms with Crippen molar-refractivity contribution in [1.82, 2.24) is 10.2 Å². The van der Waals surface area contributed by atoms with E-state index in [2.05, 4.69) is 16.8 Å². The summed E-state index contributed by atoms with van der Waals surface area (Å²) in [6.45, 7) is 7.01. The molecule has 0 spiro atoms. The fourth-order valence-corrected chi connectivity index (χ4v) is 1.51. The highest BCUT2D eigenvalue weighted by Crippen LogP contribution is 2.32. The second kappa shape index (κ2) is 6.31. The van der Waals surface area contributed by atoms with Crippen molar-refractivity contribution >= 4 is 5.57 Å². The molecule has 5 heteroatoms. The number of halogens is 3. The zero-order valence-electron chi connectivity index (χ0n) is 10.8. The van der Waals surface area contributed by atoms with E-state index in [9.17, 15) is 13.2 Å². The van der Waals surface area contributed by atoms with Crippen molar-refractivity contribution in [2.24, 2.45) is 0 Å². The molecule has 0 bridgehead atoms. The van der Waals surface area contributed by atoms with Gasteiger partial charge >= 0.3 is 6.18 Å². The molecule has 1 aromatic heterocycles. The lowest BCUT2D eigenvalue weighted by molar-refractivity contribution is -0.0882. The Bertz CT molecular complexity index is 499. The van der Waals surface area contributed by atoms with Gasteiger partial charge in [0.15, 0.2) is 0 Å². The van der Waals surface area contributed by atoms with Crippen LogP contribution in [0.3, 0.4) is 0 Å². The van der Waals surface area contributed by atoms with Crippen LogP contribution in [0.25, 0.3) is 5.57 Å². The number of aromatic nitrogens is 2. The smallest absolute Gasteiger partial charge is 0.166 e. The number of hydrogen-bond donors (Lipinski definition) is 0. The molecule has 0 unspecified atom stereocenters. The molecule has 0 saturated carbocycles. The highest BCUT2D eigenvalue weighted by molar-refractivity contribution is 5.79. The number of alkyl halides is 3. The van der Waals surface area contributed by atoms with Crippen molar-refractivity contribution in [2.75, 3.05) is 0 Å². The summed E-state index contributed by atoms with van der Waals surface area (Å²) in [5, 5.41) is 7.30. The second-order valence-electron chi connectivity index (χ2n) is 3.89. The molecule has 0 aliphatic carbocycles. The minimum atomic E-state index is -4.38. The number of nitrogens with zero attached hydrogens (tertiary/aromatic N) is 2. The minimum Gasteiger partial charge on any atom is -0.166 e. The summed E-state index contributed by atoms with van der Waals surface area (Å²) < 4.78 is 38.4. The van der Waals surface area contributed by atoms with Gasteiger partial charge in [-0.1, -0.05) is 19.6 Å². The van der Waals surface area contributed by atoms with E-state index < -0.39 is 11.7 Å². The Morgan fingerprint density at radius 2 is 2.05 bits per heavy atom. The van der Waals surface area contributed by atoms with Crippen LogP contribution in [-0.4, -0.2) is 16.4 Å². The first kappa shape index (κ1) is 15.1. The third-order valence-corrected chi connectivity index (χ3v) is 2.64. The largest absolute Gasteiger partial charge is 0.416 e. The van der Waals surface area contributed by atoms with E-state index in [1.807, 2.05) is 6.92 Å². The molecule has 0 saturated heterocycles. The van der Waals surface area contributed by atoms with E-state index in [0.717, 1.165) is 12.2 Å². The molecule has 1 rings (SSSR count). The monoisotopic (exact) mass is 268 g/mol. The normalized spacial score (nSPS) is 13.5. The SMILES string of the molecule is C=C(CC)C(=CC(=CC)C(F)(F)F)c1ccnnc1. The zero-order valence-corrected chi connectivity index (χ0v) is 10.8. The van der Waals surface area contributed by atoms with Crippen LogP contribution in [0.5, 0.6) is 0 Å². The van der Waals surface area contributed by atoms with Crippen molar-refractivity contribution in [3.8, 4) is 0 Å². The molecule has 0 N–H and O–H groups in total. The first-order chi connectivity index (χ1) is 8.90. The maximum atomic E-state index is 12.8. The summed E-state index contributed by atoms with van der Waals surface area (Å²) in [6.07, 6.45) is 1.18. The van der Waals surface area contributed by atoms with Crippen LogP contribution in [0.15, 0.2) is 48.3 Å². The lowest BCUT2D eigenvalue weighted by atomic mass is 9.96. The molecular weight excluding hydrogens is 253 g/mol. The Hall–Kier alpha value is -1.91. The number of hydrogen-bond acceptors (Lipinski definition) is 2. The van der Waals surface area contributed by atoms with Gasteiger partial charge in [-0.2, -0.15) is 23.4 Å². The maximum absolute atomic E-state index is 12.8. The fraction of sp³-hybridized carbons (Fsp3) is 0.286. The van der Waals surface area contributed by atoms with E-state index in [0.29, 0.717) is 23.1 Å². The molecule has 0 atom stereocenters. The fourth-order valence-electron chi connectivity index (χ4n) is 1.51. The predicted octanol–water partition coefficient (Wildman–Crippen LogP) is 4.33. The topological polar surface area (TPSA) is 25.8 Å². The summed E-state index contributed by atoms with van der Waals surface area (Å²) in [5.41, 5.74) is 0.929. The molecule has 1 heterocycles. The van der Waals surface area contributed by atoms with Crippen LogP contribution in [0.4, 0.5) is 13.2 Å². The Labute approximate surface area is 110 Å². The van der Waals surface area contributed by atoms with Crippen LogP contribution in [0.2, 0.25) is 0 Å². The molecule has 0 fully saturated rings. The molecule has 1 aromatic rings. The van der Waals surface area contributed by atoms with Crippen LogP contribution >= 0.6 is 0 Å². The third kappa shape index (κ3) is 4.05. The van der Waals surface area contributed by atoms with Gasteiger partial charge in [0.1, 0.15) is 0 Å². The van der Waals surface area contributed by atoms with Gasteiger partial charge in [-0.3, -0.25) is 0 Å². The molecule has 19 heavy (non-hydrogen) atoms. The number of rotatable bonds is 4. The molecule has 0 aliphatic heterocycles. The number of allylic oxidation sites excluding steroid dienone is 5. The Kier molecular flexibility index (Phi) is 5.03. The summed E-state index contributed by atoms with van der Waals surface area (Å²) in [4.78, 5) is 0. The van der Waals surface area contributed by atoms with Crippen LogP contribution in [0, 0.1) is 0 Å². The quantitative estimate of drug-likeness (QED) is 0.759. The average Bonchev–Trinajstić information content (AvgIpc) is 2.38. The van der Waals surface area contributed by atoms with Crippen molar-refractivity contribution < 1.29 is 13.2 Å². The predicted molar refractivity (Wildman–Crippen MR) is 69.3 cm³/mol. The summed E-state index contributed by atoms with van der Waals surface area (Å²) in [7, 11) is 0. The van der Waals surface area contributed by atoms with Gasteiger partial charge < -0.3 is 0 Å². The Balaban J connectivity index is 3.30. The van der Waals surface area contributed by atoms with Crippen LogP contribution in [0.1, 0.15) is 25.8 Å². The zero-order chi connectivity index (χ0) is 14.5. The molecule has 2 nitrogen and oxygen atoms in total. The minimum absolute atomic E-state index is 0.433. The van der Waals surface area contributed by atoms with Gasteiger partial charge in [-0.25, -0.2) is 0 Å².